The highest BCUT2D eigenvalue weighted by Gasteiger charge is 2.24. The third-order valence-corrected chi connectivity index (χ3v) is 3.48. The third kappa shape index (κ3) is 2.56. The highest BCUT2D eigenvalue weighted by Crippen LogP contribution is 2.29. The second kappa shape index (κ2) is 6.09. The monoisotopic (exact) mass is 276 g/mol. The Morgan fingerprint density at radius 2 is 2.00 bits per heavy atom. The minimum Gasteiger partial charge on any atom is -0.308 e. The van der Waals surface area contributed by atoms with Crippen molar-refractivity contribution in [3.8, 4) is 0 Å². The average Bonchev–Trinajstić information content (AvgIpc) is 2.47. The largest absolute Gasteiger partial charge is 0.308 e. The van der Waals surface area contributed by atoms with Crippen molar-refractivity contribution in [2.75, 3.05) is 7.05 Å². The molecule has 1 aromatic carbocycles. The van der Waals surface area contributed by atoms with Gasteiger partial charge in [0.15, 0.2) is 0 Å². The fourth-order valence-corrected chi connectivity index (χ4v) is 2.37. The summed E-state index contributed by atoms with van der Waals surface area (Å²) < 4.78 is 28.4. The lowest BCUT2D eigenvalue weighted by Crippen LogP contribution is -2.23. The van der Waals surface area contributed by atoms with Crippen LogP contribution in [-0.4, -0.2) is 12.0 Å². The molecule has 4 heteroatoms. The zero-order valence-corrected chi connectivity index (χ0v) is 11.9. The van der Waals surface area contributed by atoms with Gasteiger partial charge in [0.1, 0.15) is 11.6 Å². The van der Waals surface area contributed by atoms with Crippen molar-refractivity contribution >= 4 is 0 Å². The Bertz CT molecular complexity index is 611. The summed E-state index contributed by atoms with van der Waals surface area (Å²) in [6, 6.07) is 5.91. The molecule has 20 heavy (non-hydrogen) atoms. The molecule has 0 fully saturated rings. The van der Waals surface area contributed by atoms with E-state index in [0.717, 1.165) is 12.0 Å². The van der Waals surface area contributed by atoms with Crippen LogP contribution in [0.15, 0.2) is 30.5 Å². The van der Waals surface area contributed by atoms with Gasteiger partial charge < -0.3 is 5.32 Å². The maximum atomic E-state index is 14.3. The van der Waals surface area contributed by atoms with E-state index in [1.807, 2.05) is 19.1 Å². The summed E-state index contributed by atoms with van der Waals surface area (Å²) in [5.74, 6) is -1.07. The molecule has 0 aliphatic heterocycles. The molecular weight excluding hydrogens is 258 g/mol. The highest BCUT2D eigenvalue weighted by molar-refractivity contribution is 5.37. The Kier molecular flexibility index (Phi) is 4.45. The highest BCUT2D eigenvalue weighted by atomic mass is 19.1. The Morgan fingerprint density at radius 3 is 2.65 bits per heavy atom. The number of pyridine rings is 1. The van der Waals surface area contributed by atoms with Crippen LogP contribution in [0, 0.1) is 18.6 Å². The molecule has 0 saturated carbocycles. The van der Waals surface area contributed by atoms with Crippen molar-refractivity contribution < 1.29 is 8.78 Å². The molecule has 2 rings (SSSR count). The fraction of sp³-hybridized carbons (Fsp3) is 0.312. The predicted molar refractivity (Wildman–Crippen MR) is 75.6 cm³/mol. The minimum absolute atomic E-state index is 0.0286. The summed E-state index contributed by atoms with van der Waals surface area (Å²) in [4.78, 5) is 4.31. The van der Waals surface area contributed by atoms with Crippen molar-refractivity contribution in [1.82, 2.24) is 10.3 Å². The molecule has 1 atom stereocenters. The van der Waals surface area contributed by atoms with Gasteiger partial charge in [-0.1, -0.05) is 19.1 Å². The van der Waals surface area contributed by atoms with Gasteiger partial charge >= 0.3 is 0 Å². The first-order valence-electron chi connectivity index (χ1n) is 6.65. The van der Waals surface area contributed by atoms with Gasteiger partial charge in [-0.15, -0.1) is 0 Å². The number of nitrogens with one attached hydrogen (secondary N) is 1. The molecule has 2 nitrogen and oxygen atoms in total. The van der Waals surface area contributed by atoms with Crippen molar-refractivity contribution in [3.05, 3.63) is 64.5 Å². The molecule has 2 aromatic rings. The van der Waals surface area contributed by atoms with E-state index in [-0.39, 0.29) is 5.56 Å². The maximum Gasteiger partial charge on any atom is 0.134 e. The maximum absolute atomic E-state index is 14.3. The Balaban J connectivity index is 2.62. The Labute approximate surface area is 117 Å². The van der Waals surface area contributed by atoms with E-state index in [0.29, 0.717) is 11.3 Å². The van der Waals surface area contributed by atoms with E-state index in [2.05, 4.69) is 10.3 Å². The van der Waals surface area contributed by atoms with Crippen LogP contribution in [-0.2, 0) is 6.42 Å². The fourth-order valence-electron chi connectivity index (χ4n) is 2.37. The van der Waals surface area contributed by atoms with Crippen LogP contribution < -0.4 is 5.32 Å². The second-order valence-electron chi connectivity index (χ2n) is 4.71. The third-order valence-electron chi connectivity index (χ3n) is 3.48. The normalized spacial score (nSPS) is 12.4. The van der Waals surface area contributed by atoms with Gasteiger partial charge in [-0.25, -0.2) is 8.78 Å². The summed E-state index contributed by atoms with van der Waals surface area (Å²) in [7, 11) is 1.68. The van der Waals surface area contributed by atoms with Crippen LogP contribution in [0.1, 0.15) is 35.3 Å². The molecule has 1 aromatic heterocycles. The summed E-state index contributed by atoms with van der Waals surface area (Å²) in [6.07, 6.45) is 2.40. The summed E-state index contributed by atoms with van der Waals surface area (Å²) >= 11 is 0. The molecule has 0 saturated heterocycles. The molecule has 0 amide bonds. The van der Waals surface area contributed by atoms with E-state index in [1.165, 1.54) is 12.1 Å². The van der Waals surface area contributed by atoms with Crippen LogP contribution in [0.25, 0.3) is 0 Å². The van der Waals surface area contributed by atoms with Gasteiger partial charge in [-0.3, -0.25) is 4.98 Å². The van der Waals surface area contributed by atoms with Crippen molar-refractivity contribution in [2.45, 2.75) is 26.3 Å². The first-order valence-corrected chi connectivity index (χ1v) is 6.65. The van der Waals surface area contributed by atoms with Gasteiger partial charge in [0, 0.05) is 11.8 Å². The molecule has 1 unspecified atom stereocenters. The lowest BCUT2D eigenvalue weighted by atomic mass is 9.96. The van der Waals surface area contributed by atoms with E-state index >= 15 is 0 Å². The first-order chi connectivity index (χ1) is 9.60. The van der Waals surface area contributed by atoms with E-state index in [9.17, 15) is 8.78 Å². The van der Waals surface area contributed by atoms with Crippen LogP contribution >= 0.6 is 0 Å². The van der Waals surface area contributed by atoms with Gasteiger partial charge in [-0.05, 0) is 43.7 Å². The van der Waals surface area contributed by atoms with Crippen LogP contribution in [0.5, 0.6) is 0 Å². The number of hydrogen-bond acceptors (Lipinski definition) is 2. The van der Waals surface area contributed by atoms with Gasteiger partial charge in [0.25, 0.3) is 0 Å². The van der Waals surface area contributed by atoms with Crippen LogP contribution in [0.4, 0.5) is 8.78 Å². The van der Waals surface area contributed by atoms with Crippen LogP contribution in [0.3, 0.4) is 0 Å². The number of nitrogens with zero attached hydrogens (tertiary/aromatic N) is 1. The molecule has 0 bridgehead atoms. The zero-order valence-electron chi connectivity index (χ0n) is 11.9. The standard InChI is InChI=1S/C16H18F2N2/c1-4-11-6-5-9-20-15(11)16(19-3)13-12(17)8-7-10(2)14(13)18/h5-9,16,19H,4H2,1-3H3. The molecule has 1 heterocycles. The number of aryl methyl sites for hydroxylation is 2. The minimum atomic E-state index is -0.592. The van der Waals surface area contributed by atoms with Gasteiger partial charge in [-0.2, -0.15) is 0 Å². The quantitative estimate of drug-likeness (QED) is 0.924. The van der Waals surface area contributed by atoms with Crippen molar-refractivity contribution in [2.24, 2.45) is 0 Å². The Morgan fingerprint density at radius 1 is 1.25 bits per heavy atom. The zero-order chi connectivity index (χ0) is 14.7. The molecule has 106 valence electrons. The molecule has 1 N–H and O–H groups in total. The number of halogens is 2. The predicted octanol–water partition coefficient (Wildman–Crippen LogP) is 3.54. The second-order valence-corrected chi connectivity index (χ2v) is 4.71. The smallest absolute Gasteiger partial charge is 0.134 e. The van der Waals surface area contributed by atoms with Gasteiger partial charge in [0.05, 0.1) is 11.7 Å². The van der Waals surface area contributed by atoms with Crippen LogP contribution in [0.2, 0.25) is 0 Å². The molecule has 0 aliphatic carbocycles. The molecular formula is C16H18F2N2. The van der Waals surface area contributed by atoms with Crippen molar-refractivity contribution in [3.63, 3.8) is 0 Å². The van der Waals surface area contributed by atoms with Gasteiger partial charge in [0.2, 0.25) is 0 Å². The molecule has 0 spiro atoms. The van der Waals surface area contributed by atoms with E-state index in [1.54, 1.807) is 20.2 Å². The summed E-state index contributed by atoms with van der Waals surface area (Å²) in [5.41, 5.74) is 2.10. The van der Waals surface area contributed by atoms with Crippen molar-refractivity contribution in [1.29, 1.82) is 0 Å². The number of rotatable bonds is 4. The number of hydrogen-bond donors (Lipinski definition) is 1. The lowest BCUT2D eigenvalue weighted by molar-refractivity contribution is 0.512. The Hall–Kier alpha value is -1.81. The summed E-state index contributed by atoms with van der Waals surface area (Å²) in [6.45, 7) is 3.63. The topological polar surface area (TPSA) is 24.9 Å². The molecule has 0 radical (unpaired) electrons. The SMILES string of the molecule is CCc1cccnc1C(NC)c1c(F)ccc(C)c1F. The van der Waals surface area contributed by atoms with E-state index < -0.39 is 17.7 Å². The average molecular weight is 276 g/mol. The lowest BCUT2D eigenvalue weighted by Gasteiger charge is -2.20. The number of aromatic nitrogens is 1. The summed E-state index contributed by atoms with van der Waals surface area (Å²) in [5, 5.41) is 2.98. The van der Waals surface area contributed by atoms with E-state index in [4.69, 9.17) is 0 Å². The molecule has 0 aliphatic rings. The first kappa shape index (κ1) is 14.6. The number of benzene rings is 1.